The zero-order valence-electron chi connectivity index (χ0n) is 12.4. The molecule has 0 radical (unpaired) electrons. The summed E-state index contributed by atoms with van der Waals surface area (Å²) in [5, 5.41) is 0. The molecule has 1 aromatic heterocycles. The second-order valence-electron chi connectivity index (χ2n) is 4.90. The van der Waals surface area contributed by atoms with Crippen LogP contribution in [0.15, 0.2) is 24.3 Å². The molecule has 0 N–H and O–H groups in total. The minimum Gasteiger partial charge on any atom is -0.328 e. The van der Waals surface area contributed by atoms with Crippen LogP contribution in [-0.4, -0.2) is 34.1 Å². The molecule has 3 heteroatoms. The summed E-state index contributed by atoms with van der Waals surface area (Å²) >= 11 is 0. The predicted molar refractivity (Wildman–Crippen MR) is 81.5 cm³/mol. The van der Waals surface area contributed by atoms with Gasteiger partial charge in [-0.2, -0.15) is 0 Å². The fraction of sp³-hybridized carbons (Fsp3) is 0.562. The van der Waals surface area contributed by atoms with Crippen LogP contribution in [0.4, 0.5) is 0 Å². The average Bonchev–Trinajstić information content (AvgIpc) is 2.82. The monoisotopic (exact) mass is 259 g/mol. The van der Waals surface area contributed by atoms with Crippen LogP contribution in [0.5, 0.6) is 0 Å². The highest BCUT2D eigenvalue weighted by Crippen LogP contribution is 2.16. The lowest BCUT2D eigenvalue weighted by molar-refractivity contribution is 0.293. The second-order valence-corrected chi connectivity index (χ2v) is 4.90. The Morgan fingerprint density at radius 3 is 2.53 bits per heavy atom. The van der Waals surface area contributed by atoms with E-state index in [1.165, 1.54) is 24.3 Å². The minimum absolute atomic E-state index is 1.000. The molecule has 0 spiro atoms. The van der Waals surface area contributed by atoms with Gasteiger partial charge in [0.05, 0.1) is 11.0 Å². The summed E-state index contributed by atoms with van der Waals surface area (Å²) in [4.78, 5) is 7.20. The number of aromatic nitrogens is 2. The Morgan fingerprint density at radius 1 is 1.11 bits per heavy atom. The fourth-order valence-electron chi connectivity index (χ4n) is 2.64. The third-order valence-corrected chi connectivity index (χ3v) is 3.80. The van der Waals surface area contributed by atoms with Gasteiger partial charge in [0, 0.05) is 13.0 Å². The molecule has 0 amide bonds. The molecule has 0 saturated heterocycles. The molecule has 2 rings (SSSR count). The van der Waals surface area contributed by atoms with E-state index in [1.54, 1.807) is 0 Å². The van der Waals surface area contributed by atoms with Gasteiger partial charge in [-0.1, -0.05) is 32.9 Å². The topological polar surface area (TPSA) is 21.1 Å². The number of hydrogen-bond acceptors (Lipinski definition) is 2. The highest BCUT2D eigenvalue weighted by molar-refractivity contribution is 5.75. The number of benzene rings is 1. The van der Waals surface area contributed by atoms with Gasteiger partial charge in [0.2, 0.25) is 0 Å². The van der Waals surface area contributed by atoms with E-state index in [2.05, 4.69) is 54.5 Å². The Bertz CT molecular complexity index is 512. The van der Waals surface area contributed by atoms with Gasteiger partial charge in [0.25, 0.3) is 0 Å². The van der Waals surface area contributed by atoms with Crippen molar-refractivity contribution in [2.75, 3.05) is 19.6 Å². The Balaban J connectivity index is 2.10. The standard InChI is InChI=1S/C16H25N3/c1-4-16-17-14-10-7-8-11-15(14)19(16)13-9-12-18(5-2)6-3/h7-8,10-11H,4-6,9,12-13H2,1-3H3. The zero-order valence-corrected chi connectivity index (χ0v) is 12.4. The van der Waals surface area contributed by atoms with Gasteiger partial charge >= 0.3 is 0 Å². The zero-order chi connectivity index (χ0) is 13.7. The van der Waals surface area contributed by atoms with Crippen molar-refractivity contribution < 1.29 is 0 Å². The van der Waals surface area contributed by atoms with Gasteiger partial charge in [0.1, 0.15) is 5.82 Å². The van der Waals surface area contributed by atoms with Gasteiger partial charge in [0.15, 0.2) is 0 Å². The minimum atomic E-state index is 1.000. The van der Waals surface area contributed by atoms with E-state index in [9.17, 15) is 0 Å². The lowest BCUT2D eigenvalue weighted by Gasteiger charge is -2.18. The smallest absolute Gasteiger partial charge is 0.109 e. The first-order chi connectivity index (χ1) is 9.30. The third kappa shape index (κ3) is 3.16. The van der Waals surface area contributed by atoms with Crippen molar-refractivity contribution in [2.24, 2.45) is 0 Å². The summed E-state index contributed by atoms with van der Waals surface area (Å²) in [5.41, 5.74) is 2.40. The van der Waals surface area contributed by atoms with Crippen LogP contribution in [0.3, 0.4) is 0 Å². The lowest BCUT2D eigenvalue weighted by Crippen LogP contribution is -2.25. The number of para-hydroxylation sites is 2. The van der Waals surface area contributed by atoms with Gasteiger partial charge in [-0.15, -0.1) is 0 Å². The fourth-order valence-corrected chi connectivity index (χ4v) is 2.64. The molecule has 1 heterocycles. The van der Waals surface area contributed by atoms with Gasteiger partial charge in [-0.25, -0.2) is 4.98 Å². The van der Waals surface area contributed by atoms with E-state index in [-0.39, 0.29) is 0 Å². The molecular weight excluding hydrogens is 234 g/mol. The van der Waals surface area contributed by atoms with Crippen molar-refractivity contribution in [2.45, 2.75) is 40.2 Å². The maximum Gasteiger partial charge on any atom is 0.109 e. The predicted octanol–water partition coefficient (Wildman–Crippen LogP) is 3.33. The number of hydrogen-bond donors (Lipinski definition) is 0. The second kappa shape index (κ2) is 6.71. The molecule has 0 bridgehead atoms. The number of fused-ring (bicyclic) bond motifs is 1. The number of aryl methyl sites for hydroxylation is 2. The van der Waals surface area contributed by atoms with Crippen LogP contribution in [0, 0.1) is 0 Å². The van der Waals surface area contributed by atoms with Crippen molar-refractivity contribution >= 4 is 11.0 Å². The first kappa shape index (κ1) is 14.1. The van der Waals surface area contributed by atoms with Crippen LogP contribution in [-0.2, 0) is 13.0 Å². The van der Waals surface area contributed by atoms with Crippen molar-refractivity contribution in [3.8, 4) is 0 Å². The number of imidazole rings is 1. The van der Waals surface area contributed by atoms with Crippen molar-refractivity contribution in [1.82, 2.24) is 14.5 Å². The maximum atomic E-state index is 4.72. The summed E-state index contributed by atoms with van der Waals surface area (Å²) in [7, 11) is 0. The molecule has 0 fully saturated rings. The molecule has 0 aliphatic heterocycles. The molecule has 0 atom stereocenters. The molecule has 0 saturated carbocycles. The van der Waals surface area contributed by atoms with Crippen LogP contribution in [0.1, 0.15) is 33.0 Å². The summed E-state index contributed by atoms with van der Waals surface area (Å²) < 4.78 is 2.39. The molecule has 0 aliphatic carbocycles. The summed E-state index contributed by atoms with van der Waals surface area (Å²) in [6.07, 6.45) is 2.19. The summed E-state index contributed by atoms with van der Waals surface area (Å²) in [5.74, 6) is 1.21. The molecule has 0 aliphatic rings. The molecule has 1 aromatic carbocycles. The van der Waals surface area contributed by atoms with E-state index >= 15 is 0 Å². The summed E-state index contributed by atoms with van der Waals surface area (Å²) in [6.45, 7) is 11.2. The molecule has 3 nitrogen and oxygen atoms in total. The van der Waals surface area contributed by atoms with E-state index in [0.29, 0.717) is 0 Å². The highest BCUT2D eigenvalue weighted by atomic mass is 15.1. The molecule has 19 heavy (non-hydrogen) atoms. The van der Waals surface area contributed by atoms with Gasteiger partial charge in [-0.3, -0.25) is 0 Å². The first-order valence-corrected chi connectivity index (χ1v) is 7.46. The molecular formula is C16H25N3. The van der Waals surface area contributed by atoms with E-state index in [4.69, 9.17) is 4.98 Å². The van der Waals surface area contributed by atoms with Crippen molar-refractivity contribution in [3.63, 3.8) is 0 Å². The first-order valence-electron chi connectivity index (χ1n) is 7.46. The van der Waals surface area contributed by atoms with Crippen LogP contribution < -0.4 is 0 Å². The Hall–Kier alpha value is -1.35. The average molecular weight is 259 g/mol. The molecule has 0 unspecified atom stereocenters. The highest BCUT2D eigenvalue weighted by Gasteiger charge is 2.08. The Kier molecular flexibility index (Phi) is 4.97. The lowest BCUT2D eigenvalue weighted by atomic mass is 10.3. The normalized spacial score (nSPS) is 11.6. The van der Waals surface area contributed by atoms with Crippen molar-refractivity contribution in [1.29, 1.82) is 0 Å². The van der Waals surface area contributed by atoms with Crippen LogP contribution in [0.2, 0.25) is 0 Å². The Labute approximate surface area is 116 Å². The Morgan fingerprint density at radius 2 is 1.84 bits per heavy atom. The SMILES string of the molecule is CCc1nc2ccccc2n1CCCN(CC)CC. The molecule has 104 valence electrons. The van der Waals surface area contributed by atoms with E-state index < -0.39 is 0 Å². The quantitative estimate of drug-likeness (QED) is 0.760. The largest absolute Gasteiger partial charge is 0.328 e. The number of rotatable bonds is 7. The summed E-state index contributed by atoms with van der Waals surface area (Å²) in [6, 6.07) is 8.45. The molecule has 2 aromatic rings. The third-order valence-electron chi connectivity index (χ3n) is 3.80. The van der Waals surface area contributed by atoms with Crippen molar-refractivity contribution in [3.05, 3.63) is 30.1 Å². The van der Waals surface area contributed by atoms with E-state index in [1.807, 2.05) is 0 Å². The number of nitrogens with zero attached hydrogens (tertiary/aromatic N) is 3. The van der Waals surface area contributed by atoms with Gasteiger partial charge in [-0.05, 0) is 38.2 Å². The van der Waals surface area contributed by atoms with Crippen LogP contribution in [0.25, 0.3) is 11.0 Å². The maximum absolute atomic E-state index is 4.72. The van der Waals surface area contributed by atoms with E-state index in [0.717, 1.165) is 31.6 Å². The van der Waals surface area contributed by atoms with Gasteiger partial charge < -0.3 is 9.47 Å². The van der Waals surface area contributed by atoms with Crippen LogP contribution >= 0.6 is 0 Å².